The quantitative estimate of drug-likeness (QED) is 0.742. The molecule has 1 unspecified atom stereocenters. The van der Waals surface area contributed by atoms with Crippen LogP contribution < -0.4 is 5.73 Å². The van der Waals surface area contributed by atoms with Crippen molar-refractivity contribution in [3.8, 4) is 0 Å². The average molecular weight is 299 g/mol. The third-order valence-corrected chi connectivity index (χ3v) is 4.85. The van der Waals surface area contributed by atoms with Gasteiger partial charge in [-0.15, -0.1) is 11.3 Å². The highest BCUT2D eigenvalue weighted by Gasteiger charge is 2.12. The van der Waals surface area contributed by atoms with E-state index in [-0.39, 0.29) is 5.82 Å². The van der Waals surface area contributed by atoms with Crippen molar-refractivity contribution in [1.29, 1.82) is 0 Å². The molecule has 0 bridgehead atoms. The molecule has 1 nitrogen and oxygen atoms in total. The third-order valence-electron chi connectivity index (χ3n) is 3.84. The van der Waals surface area contributed by atoms with E-state index in [1.165, 1.54) is 27.8 Å². The Bertz CT molecular complexity index is 717. The predicted octanol–water partition coefficient (Wildman–Crippen LogP) is 4.40. The number of thiophene rings is 1. The van der Waals surface area contributed by atoms with E-state index in [1.54, 1.807) is 11.3 Å². The number of rotatable bonds is 5. The minimum absolute atomic E-state index is 0.188. The lowest BCUT2D eigenvalue weighted by Crippen LogP contribution is -2.19. The van der Waals surface area contributed by atoms with Gasteiger partial charge in [0.05, 0.1) is 0 Å². The Morgan fingerprint density at radius 2 is 1.76 bits per heavy atom. The maximum atomic E-state index is 13.0. The summed E-state index contributed by atoms with van der Waals surface area (Å²) >= 11 is 1.78. The summed E-state index contributed by atoms with van der Waals surface area (Å²) in [5, 5.41) is 3.57. The van der Waals surface area contributed by atoms with Crippen molar-refractivity contribution >= 4 is 21.4 Å². The Balaban J connectivity index is 1.76. The molecule has 108 valence electrons. The molecule has 1 atom stereocenters. The first-order valence-electron chi connectivity index (χ1n) is 7.16. The molecule has 0 amide bonds. The highest BCUT2D eigenvalue weighted by molar-refractivity contribution is 7.17. The minimum atomic E-state index is -0.188. The van der Waals surface area contributed by atoms with E-state index < -0.39 is 0 Å². The van der Waals surface area contributed by atoms with Gasteiger partial charge in [-0.2, -0.15) is 0 Å². The summed E-state index contributed by atoms with van der Waals surface area (Å²) in [6, 6.07) is 15.2. The molecule has 0 fully saturated rings. The first kappa shape index (κ1) is 14.2. The predicted molar refractivity (Wildman–Crippen MR) is 88.2 cm³/mol. The maximum Gasteiger partial charge on any atom is 0.123 e. The highest BCUT2D eigenvalue weighted by atomic mass is 32.1. The summed E-state index contributed by atoms with van der Waals surface area (Å²) in [7, 11) is 0. The summed E-state index contributed by atoms with van der Waals surface area (Å²) in [4.78, 5) is 0. The molecule has 0 spiro atoms. The van der Waals surface area contributed by atoms with Crippen molar-refractivity contribution in [2.75, 3.05) is 6.54 Å². The van der Waals surface area contributed by atoms with E-state index in [0.717, 1.165) is 18.4 Å². The van der Waals surface area contributed by atoms with Crippen LogP contribution in [-0.2, 0) is 12.8 Å². The molecule has 3 aromatic rings. The Kier molecular flexibility index (Phi) is 4.32. The Labute approximate surface area is 128 Å². The SMILES string of the molecule is NCC(Cc1ccc(F)cc1)Cc1csc2ccccc12. The molecule has 0 aliphatic carbocycles. The normalized spacial score (nSPS) is 12.7. The van der Waals surface area contributed by atoms with Crippen LogP contribution in [0.1, 0.15) is 11.1 Å². The van der Waals surface area contributed by atoms with Crippen molar-refractivity contribution in [2.24, 2.45) is 11.7 Å². The lowest BCUT2D eigenvalue weighted by atomic mass is 9.92. The number of halogens is 1. The topological polar surface area (TPSA) is 26.0 Å². The van der Waals surface area contributed by atoms with Crippen molar-refractivity contribution < 1.29 is 4.39 Å². The fourth-order valence-electron chi connectivity index (χ4n) is 2.69. The van der Waals surface area contributed by atoms with Gasteiger partial charge in [0, 0.05) is 4.70 Å². The van der Waals surface area contributed by atoms with Crippen LogP contribution >= 0.6 is 11.3 Å². The van der Waals surface area contributed by atoms with Crippen LogP contribution in [-0.4, -0.2) is 6.54 Å². The standard InChI is InChI=1S/C18H18FNS/c19-16-7-5-13(6-8-16)9-14(11-20)10-15-12-21-18-4-2-1-3-17(15)18/h1-8,12,14H,9-11,20H2. The molecule has 2 N–H and O–H groups in total. The Morgan fingerprint density at radius 3 is 2.52 bits per heavy atom. The van der Waals surface area contributed by atoms with Gasteiger partial charge < -0.3 is 5.73 Å². The summed E-state index contributed by atoms with van der Waals surface area (Å²) in [6.45, 7) is 0.640. The fraction of sp³-hybridized carbons (Fsp3) is 0.222. The van der Waals surface area contributed by atoms with E-state index in [0.29, 0.717) is 12.5 Å². The van der Waals surface area contributed by atoms with Gasteiger partial charge in [-0.05, 0) is 65.4 Å². The Hall–Kier alpha value is -1.71. The number of hydrogen-bond acceptors (Lipinski definition) is 2. The molecule has 0 saturated heterocycles. The largest absolute Gasteiger partial charge is 0.330 e. The molecular weight excluding hydrogens is 281 g/mol. The van der Waals surface area contributed by atoms with Gasteiger partial charge in [0.15, 0.2) is 0 Å². The second-order valence-corrected chi connectivity index (χ2v) is 6.30. The van der Waals surface area contributed by atoms with Gasteiger partial charge in [-0.3, -0.25) is 0 Å². The second kappa shape index (κ2) is 6.37. The number of hydrogen-bond donors (Lipinski definition) is 1. The summed E-state index contributed by atoms with van der Waals surface area (Å²) < 4.78 is 14.3. The number of benzene rings is 2. The average Bonchev–Trinajstić information content (AvgIpc) is 2.92. The molecule has 3 rings (SSSR count). The summed E-state index contributed by atoms with van der Waals surface area (Å²) in [6.07, 6.45) is 1.86. The maximum absolute atomic E-state index is 13.0. The molecule has 0 aliphatic rings. The minimum Gasteiger partial charge on any atom is -0.330 e. The van der Waals surface area contributed by atoms with E-state index >= 15 is 0 Å². The van der Waals surface area contributed by atoms with Crippen LogP contribution in [0.2, 0.25) is 0 Å². The van der Waals surface area contributed by atoms with Gasteiger partial charge >= 0.3 is 0 Å². The number of fused-ring (bicyclic) bond motifs is 1. The van der Waals surface area contributed by atoms with Gasteiger partial charge in [0.1, 0.15) is 5.82 Å². The summed E-state index contributed by atoms with van der Waals surface area (Å²) in [5.74, 6) is 0.195. The Morgan fingerprint density at radius 1 is 1.00 bits per heavy atom. The zero-order valence-electron chi connectivity index (χ0n) is 11.8. The van der Waals surface area contributed by atoms with Crippen molar-refractivity contribution in [3.63, 3.8) is 0 Å². The van der Waals surface area contributed by atoms with Crippen LogP contribution in [0.3, 0.4) is 0 Å². The molecule has 2 aromatic carbocycles. The third kappa shape index (κ3) is 3.31. The molecule has 21 heavy (non-hydrogen) atoms. The van der Waals surface area contributed by atoms with Gasteiger partial charge in [-0.1, -0.05) is 30.3 Å². The molecule has 0 saturated carbocycles. The van der Waals surface area contributed by atoms with E-state index in [1.807, 2.05) is 12.1 Å². The van der Waals surface area contributed by atoms with E-state index in [9.17, 15) is 4.39 Å². The molecular formula is C18H18FNS. The highest BCUT2D eigenvalue weighted by Crippen LogP contribution is 2.28. The second-order valence-electron chi connectivity index (χ2n) is 5.39. The smallest absolute Gasteiger partial charge is 0.123 e. The molecule has 0 radical (unpaired) electrons. The monoisotopic (exact) mass is 299 g/mol. The lowest BCUT2D eigenvalue weighted by Gasteiger charge is -2.14. The molecule has 3 heteroatoms. The van der Waals surface area contributed by atoms with Crippen LogP contribution in [0.15, 0.2) is 53.9 Å². The van der Waals surface area contributed by atoms with Crippen LogP contribution in [0.25, 0.3) is 10.1 Å². The van der Waals surface area contributed by atoms with Crippen molar-refractivity contribution in [2.45, 2.75) is 12.8 Å². The van der Waals surface area contributed by atoms with Crippen molar-refractivity contribution in [1.82, 2.24) is 0 Å². The molecule has 1 heterocycles. The van der Waals surface area contributed by atoms with E-state index in [4.69, 9.17) is 5.73 Å². The summed E-state index contributed by atoms with van der Waals surface area (Å²) in [5.41, 5.74) is 8.45. The zero-order valence-corrected chi connectivity index (χ0v) is 12.6. The molecule has 1 aromatic heterocycles. The van der Waals surface area contributed by atoms with Gasteiger partial charge in [0.25, 0.3) is 0 Å². The van der Waals surface area contributed by atoms with Crippen molar-refractivity contribution in [3.05, 3.63) is 70.9 Å². The molecule has 0 aliphatic heterocycles. The van der Waals surface area contributed by atoms with Crippen LogP contribution in [0.5, 0.6) is 0 Å². The lowest BCUT2D eigenvalue weighted by molar-refractivity contribution is 0.534. The number of nitrogens with two attached hydrogens (primary N) is 1. The van der Waals surface area contributed by atoms with Gasteiger partial charge in [0.2, 0.25) is 0 Å². The van der Waals surface area contributed by atoms with Gasteiger partial charge in [-0.25, -0.2) is 4.39 Å². The van der Waals surface area contributed by atoms with Crippen LogP contribution in [0, 0.1) is 11.7 Å². The first-order chi connectivity index (χ1) is 10.3. The van der Waals surface area contributed by atoms with Crippen LogP contribution in [0.4, 0.5) is 4.39 Å². The fourth-order valence-corrected chi connectivity index (χ4v) is 3.67. The first-order valence-corrected chi connectivity index (χ1v) is 8.04. The zero-order chi connectivity index (χ0) is 14.7. The van der Waals surface area contributed by atoms with E-state index in [2.05, 4.69) is 29.6 Å².